The molecule has 0 saturated carbocycles. The Labute approximate surface area is 154 Å². The molecule has 134 valence electrons. The Morgan fingerprint density at radius 1 is 0.960 bits per heavy atom. The van der Waals surface area contributed by atoms with Crippen molar-refractivity contribution in [3.63, 3.8) is 0 Å². The van der Waals surface area contributed by atoms with Crippen molar-refractivity contribution in [3.05, 3.63) is 64.7 Å². The smallest absolute Gasteiger partial charge is 0.344 e. The van der Waals surface area contributed by atoms with Crippen molar-refractivity contribution >= 4 is 17.6 Å². The van der Waals surface area contributed by atoms with Crippen LogP contribution in [-0.2, 0) is 22.7 Å². The summed E-state index contributed by atoms with van der Waals surface area (Å²) in [5, 5.41) is 0.624. The molecule has 0 aliphatic heterocycles. The third kappa shape index (κ3) is 6.77. The Balaban J connectivity index is 1.74. The summed E-state index contributed by atoms with van der Waals surface area (Å²) in [6, 6.07) is 15.0. The van der Waals surface area contributed by atoms with Crippen molar-refractivity contribution in [1.29, 1.82) is 0 Å². The van der Waals surface area contributed by atoms with E-state index in [0.717, 1.165) is 25.2 Å². The molecule has 2 aromatic rings. The molecule has 25 heavy (non-hydrogen) atoms. The number of nitrogens with zero attached hydrogens (tertiary/aromatic N) is 1. The fourth-order valence-corrected chi connectivity index (χ4v) is 2.45. The standard InChI is InChI=1S/C20H24ClNO3/c1-3-22(4-2)13-16-5-7-17(8-6-16)14-25-20(23)15-24-19-11-9-18(21)10-12-19/h5-12H,3-4,13-15H2,1-2H3. The van der Waals surface area contributed by atoms with E-state index in [1.54, 1.807) is 24.3 Å². The first-order valence-electron chi connectivity index (χ1n) is 8.44. The lowest BCUT2D eigenvalue weighted by Gasteiger charge is -2.18. The molecule has 4 nitrogen and oxygen atoms in total. The number of esters is 1. The molecule has 0 aliphatic carbocycles. The Bertz CT molecular complexity index is 652. The molecule has 0 fully saturated rings. The van der Waals surface area contributed by atoms with Gasteiger partial charge in [0.1, 0.15) is 12.4 Å². The predicted molar refractivity (Wildman–Crippen MR) is 99.8 cm³/mol. The molecule has 5 heteroatoms. The van der Waals surface area contributed by atoms with Crippen LogP contribution in [0.3, 0.4) is 0 Å². The number of carbonyl (C=O) groups is 1. The van der Waals surface area contributed by atoms with E-state index >= 15 is 0 Å². The molecule has 0 aliphatic rings. The van der Waals surface area contributed by atoms with Crippen molar-refractivity contribution < 1.29 is 14.3 Å². The summed E-state index contributed by atoms with van der Waals surface area (Å²) in [6.07, 6.45) is 0. The Kier molecular flexibility index (Phi) is 7.76. The predicted octanol–water partition coefficient (Wildman–Crippen LogP) is 4.30. The van der Waals surface area contributed by atoms with E-state index < -0.39 is 5.97 Å². The number of carbonyl (C=O) groups excluding carboxylic acids is 1. The van der Waals surface area contributed by atoms with Gasteiger partial charge in [-0.2, -0.15) is 0 Å². The first-order chi connectivity index (χ1) is 12.1. The summed E-state index contributed by atoms with van der Waals surface area (Å²) >= 11 is 5.80. The van der Waals surface area contributed by atoms with Gasteiger partial charge in [-0.3, -0.25) is 4.90 Å². The third-order valence-corrected chi connectivity index (χ3v) is 4.15. The summed E-state index contributed by atoms with van der Waals surface area (Å²) < 4.78 is 10.6. The molecule has 2 aromatic carbocycles. The van der Waals surface area contributed by atoms with E-state index in [1.807, 2.05) is 12.1 Å². The van der Waals surface area contributed by atoms with Crippen LogP contribution in [0.5, 0.6) is 5.75 Å². The number of ether oxygens (including phenoxy) is 2. The van der Waals surface area contributed by atoms with E-state index in [9.17, 15) is 4.79 Å². The Morgan fingerprint density at radius 2 is 1.56 bits per heavy atom. The van der Waals surface area contributed by atoms with Crippen LogP contribution in [0.4, 0.5) is 0 Å². The highest BCUT2D eigenvalue weighted by Crippen LogP contribution is 2.15. The minimum absolute atomic E-state index is 0.123. The van der Waals surface area contributed by atoms with Gasteiger partial charge in [-0.15, -0.1) is 0 Å². The summed E-state index contributed by atoms with van der Waals surface area (Å²) in [5.41, 5.74) is 2.22. The van der Waals surface area contributed by atoms with Gasteiger partial charge in [-0.05, 0) is 48.5 Å². The zero-order valence-electron chi connectivity index (χ0n) is 14.7. The quantitative estimate of drug-likeness (QED) is 0.624. The van der Waals surface area contributed by atoms with E-state index in [2.05, 4.69) is 30.9 Å². The second kappa shape index (κ2) is 10.1. The largest absolute Gasteiger partial charge is 0.482 e. The van der Waals surface area contributed by atoms with Crippen LogP contribution in [0, 0.1) is 0 Å². The topological polar surface area (TPSA) is 38.8 Å². The van der Waals surface area contributed by atoms with Crippen molar-refractivity contribution in [2.24, 2.45) is 0 Å². The van der Waals surface area contributed by atoms with Crippen molar-refractivity contribution in [1.82, 2.24) is 4.90 Å². The first-order valence-corrected chi connectivity index (χ1v) is 8.82. The molecule has 0 radical (unpaired) electrons. The fraction of sp³-hybridized carbons (Fsp3) is 0.350. The average Bonchev–Trinajstić information content (AvgIpc) is 2.65. The van der Waals surface area contributed by atoms with Crippen LogP contribution in [0.15, 0.2) is 48.5 Å². The number of rotatable bonds is 9. The average molecular weight is 362 g/mol. The van der Waals surface area contributed by atoms with Crippen LogP contribution < -0.4 is 4.74 Å². The second-order valence-electron chi connectivity index (χ2n) is 5.68. The van der Waals surface area contributed by atoms with Crippen LogP contribution in [0.1, 0.15) is 25.0 Å². The third-order valence-electron chi connectivity index (χ3n) is 3.89. The summed E-state index contributed by atoms with van der Waals surface area (Å²) in [7, 11) is 0. The zero-order valence-corrected chi connectivity index (χ0v) is 15.5. The molecule has 0 atom stereocenters. The van der Waals surface area contributed by atoms with Crippen LogP contribution in [0.2, 0.25) is 5.02 Å². The van der Waals surface area contributed by atoms with Gasteiger partial charge in [-0.1, -0.05) is 49.7 Å². The SMILES string of the molecule is CCN(CC)Cc1ccc(COC(=O)COc2ccc(Cl)cc2)cc1. The second-order valence-corrected chi connectivity index (χ2v) is 6.12. The van der Waals surface area contributed by atoms with Gasteiger partial charge in [0.25, 0.3) is 0 Å². The normalized spacial score (nSPS) is 10.7. The molecule has 0 amide bonds. The molecular weight excluding hydrogens is 338 g/mol. The van der Waals surface area contributed by atoms with Gasteiger partial charge < -0.3 is 9.47 Å². The van der Waals surface area contributed by atoms with Gasteiger partial charge in [0.05, 0.1) is 0 Å². The van der Waals surface area contributed by atoms with E-state index in [4.69, 9.17) is 21.1 Å². The van der Waals surface area contributed by atoms with Crippen LogP contribution in [0.25, 0.3) is 0 Å². The summed E-state index contributed by atoms with van der Waals surface area (Å²) in [6.45, 7) is 7.43. The zero-order chi connectivity index (χ0) is 18.1. The molecule has 0 aromatic heterocycles. The van der Waals surface area contributed by atoms with Crippen molar-refractivity contribution in [2.45, 2.75) is 27.0 Å². The molecule has 0 saturated heterocycles. The lowest BCUT2D eigenvalue weighted by molar-refractivity contribution is -0.147. The first kappa shape index (κ1) is 19.3. The summed E-state index contributed by atoms with van der Waals surface area (Å²) in [4.78, 5) is 14.1. The lowest BCUT2D eigenvalue weighted by Crippen LogP contribution is -2.22. The molecular formula is C20H24ClNO3. The highest BCUT2D eigenvalue weighted by atomic mass is 35.5. The van der Waals surface area contributed by atoms with Crippen molar-refractivity contribution in [3.8, 4) is 5.75 Å². The molecule has 0 N–H and O–H groups in total. The Hall–Kier alpha value is -2.04. The summed E-state index contributed by atoms with van der Waals surface area (Å²) in [5.74, 6) is 0.185. The van der Waals surface area contributed by atoms with Gasteiger partial charge >= 0.3 is 5.97 Å². The minimum atomic E-state index is -0.401. The lowest BCUT2D eigenvalue weighted by atomic mass is 10.1. The van der Waals surface area contributed by atoms with Crippen LogP contribution >= 0.6 is 11.6 Å². The van der Waals surface area contributed by atoms with Gasteiger partial charge in [-0.25, -0.2) is 4.79 Å². The number of benzene rings is 2. The molecule has 0 spiro atoms. The maximum atomic E-state index is 11.8. The number of hydrogen-bond donors (Lipinski definition) is 0. The minimum Gasteiger partial charge on any atom is -0.482 e. The molecule has 0 unspecified atom stereocenters. The molecule has 0 heterocycles. The van der Waals surface area contributed by atoms with E-state index in [-0.39, 0.29) is 13.2 Å². The maximum Gasteiger partial charge on any atom is 0.344 e. The van der Waals surface area contributed by atoms with Gasteiger partial charge in [0, 0.05) is 11.6 Å². The van der Waals surface area contributed by atoms with Gasteiger partial charge in [0.15, 0.2) is 6.61 Å². The Morgan fingerprint density at radius 3 is 2.16 bits per heavy atom. The fourth-order valence-electron chi connectivity index (χ4n) is 2.32. The monoisotopic (exact) mass is 361 g/mol. The van der Waals surface area contributed by atoms with E-state index in [0.29, 0.717) is 10.8 Å². The highest BCUT2D eigenvalue weighted by Gasteiger charge is 2.06. The maximum absolute atomic E-state index is 11.8. The number of halogens is 1. The van der Waals surface area contributed by atoms with Crippen LogP contribution in [-0.4, -0.2) is 30.6 Å². The highest BCUT2D eigenvalue weighted by molar-refractivity contribution is 6.30. The van der Waals surface area contributed by atoms with Gasteiger partial charge in [0.2, 0.25) is 0 Å². The van der Waals surface area contributed by atoms with E-state index in [1.165, 1.54) is 5.56 Å². The molecule has 2 rings (SSSR count). The number of hydrogen-bond acceptors (Lipinski definition) is 4. The molecule has 0 bridgehead atoms. The van der Waals surface area contributed by atoms with Crippen molar-refractivity contribution in [2.75, 3.05) is 19.7 Å².